The second kappa shape index (κ2) is 11.6. The fourth-order valence-corrected chi connectivity index (χ4v) is 3.73. The van der Waals surface area contributed by atoms with E-state index in [0.717, 1.165) is 21.9 Å². The lowest BCUT2D eigenvalue weighted by Crippen LogP contribution is -3.15. The van der Waals surface area contributed by atoms with Gasteiger partial charge in [-0.25, -0.2) is 0 Å². The molecular formula is C23H32N3O2S+. The van der Waals surface area contributed by atoms with Crippen LogP contribution in [0.15, 0.2) is 59.5 Å². The Morgan fingerprint density at radius 1 is 1.07 bits per heavy atom. The number of para-hydroxylation sites is 1. The first-order valence-corrected chi connectivity index (χ1v) is 11.3. The summed E-state index contributed by atoms with van der Waals surface area (Å²) in [5.74, 6) is 0.160. The Morgan fingerprint density at radius 3 is 2.38 bits per heavy atom. The molecule has 5 nitrogen and oxygen atoms in total. The van der Waals surface area contributed by atoms with Crippen LogP contribution in [0.2, 0.25) is 0 Å². The Labute approximate surface area is 178 Å². The van der Waals surface area contributed by atoms with Crippen molar-refractivity contribution < 1.29 is 14.5 Å². The van der Waals surface area contributed by atoms with Crippen LogP contribution >= 0.6 is 11.8 Å². The summed E-state index contributed by atoms with van der Waals surface area (Å²) in [6.45, 7) is 4.82. The van der Waals surface area contributed by atoms with Crippen molar-refractivity contribution in [2.75, 3.05) is 31.7 Å². The van der Waals surface area contributed by atoms with Crippen LogP contribution in [-0.4, -0.2) is 44.2 Å². The van der Waals surface area contributed by atoms with Crippen molar-refractivity contribution in [3.63, 3.8) is 0 Å². The molecule has 0 aliphatic heterocycles. The predicted octanol–water partition coefficient (Wildman–Crippen LogP) is 2.56. The largest absolute Gasteiger partial charge is 0.350 e. The van der Waals surface area contributed by atoms with Crippen molar-refractivity contribution in [1.82, 2.24) is 5.32 Å². The van der Waals surface area contributed by atoms with Gasteiger partial charge >= 0.3 is 0 Å². The summed E-state index contributed by atoms with van der Waals surface area (Å²) in [7, 11) is 1.87. The van der Waals surface area contributed by atoms with Gasteiger partial charge in [0.15, 0.2) is 12.6 Å². The van der Waals surface area contributed by atoms with Crippen LogP contribution in [0.1, 0.15) is 31.7 Å². The molecule has 2 aromatic rings. The zero-order valence-corrected chi connectivity index (χ0v) is 18.5. The predicted molar refractivity (Wildman–Crippen MR) is 121 cm³/mol. The van der Waals surface area contributed by atoms with E-state index in [2.05, 4.69) is 29.7 Å². The van der Waals surface area contributed by atoms with Gasteiger partial charge in [0.1, 0.15) is 0 Å². The molecule has 0 aliphatic rings. The number of thioether (sulfide) groups is 1. The van der Waals surface area contributed by atoms with E-state index < -0.39 is 0 Å². The molecule has 0 bridgehead atoms. The van der Waals surface area contributed by atoms with Crippen LogP contribution in [-0.2, 0) is 9.59 Å². The summed E-state index contributed by atoms with van der Waals surface area (Å²) in [5, 5.41) is 6.01. The molecule has 3 atom stereocenters. The third kappa shape index (κ3) is 6.91. The Morgan fingerprint density at radius 2 is 1.72 bits per heavy atom. The van der Waals surface area contributed by atoms with Crippen molar-refractivity contribution >= 4 is 29.3 Å². The fourth-order valence-electron chi connectivity index (χ4n) is 3.17. The van der Waals surface area contributed by atoms with Crippen LogP contribution in [0.5, 0.6) is 0 Å². The third-order valence-corrected chi connectivity index (χ3v) is 6.04. The molecule has 0 spiro atoms. The van der Waals surface area contributed by atoms with Crippen molar-refractivity contribution in [2.45, 2.75) is 37.1 Å². The van der Waals surface area contributed by atoms with E-state index in [0.29, 0.717) is 12.5 Å². The zero-order chi connectivity index (χ0) is 21.2. The molecule has 0 heterocycles. The molecule has 6 heteroatoms. The minimum Gasteiger partial charge on any atom is -0.350 e. The molecular weight excluding hydrogens is 382 g/mol. The summed E-state index contributed by atoms with van der Waals surface area (Å²) < 4.78 is 0. The highest BCUT2D eigenvalue weighted by atomic mass is 32.2. The minimum absolute atomic E-state index is 0.0332. The maximum atomic E-state index is 12.6. The Balaban J connectivity index is 1.85. The molecule has 29 heavy (non-hydrogen) atoms. The maximum Gasteiger partial charge on any atom is 0.279 e. The van der Waals surface area contributed by atoms with E-state index >= 15 is 0 Å². The number of nitrogens with one attached hydrogen (secondary N) is 3. The first-order chi connectivity index (χ1) is 14.0. The Kier molecular flexibility index (Phi) is 9.22. The highest BCUT2D eigenvalue weighted by Gasteiger charge is 2.24. The summed E-state index contributed by atoms with van der Waals surface area (Å²) in [4.78, 5) is 26.9. The second-order valence-electron chi connectivity index (χ2n) is 7.25. The number of carbonyl (C=O) groups is 2. The van der Waals surface area contributed by atoms with Gasteiger partial charge in [-0.1, -0.05) is 49.4 Å². The number of rotatable bonds is 10. The van der Waals surface area contributed by atoms with Gasteiger partial charge in [-0.15, -0.1) is 11.8 Å². The van der Waals surface area contributed by atoms with Crippen molar-refractivity contribution in [3.8, 4) is 0 Å². The van der Waals surface area contributed by atoms with Crippen molar-refractivity contribution in [2.24, 2.45) is 0 Å². The summed E-state index contributed by atoms with van der Waals surface area (Å²) >= 11 is 1.59. The monoisotopic (exact) mass is 414 g/mol. The van der Waals surface area contributed by atoms with Crippen LogP contribution in [0.25, 0.3) is 0 Å². The van der Waals surface area contributed by atoms with Crippen molar-refractivity contribution in [1.29, 1.82) is 0 Å². The Bertz CT molecular complexity index is 798. The smallest absolute Gasteiger partial charge is 0.279 e. The summed E-state index contributed by atoms with van der Waals surface area (Å²) in [5.41, 5.74) is 2.04. The number of amides is 2. The second-order valence-corrected chi connectivity index (χ2v) is 8.10. The molecule has 0 saturated carbocycles. The van der Waals surface area contributed by atoms with Crippen LogP contribution < -0.4 is 15.5 Å². The molecule has 0 saturated heterocycles. The lowest BCUT2D eigenvalue weighted by Gasteiger charge is -2.22. The first-order valence-electron chi connectivity index (χ1n) is 10.0. The first kappa shape index (κ1) is 23.0. The van der Waals surface area contributed by atoms with E-state index in [1.54, 1.807) is 11.8 Å². The molecule has 2 amide bonds. The molecule has 156 valence electrons. The third-order valence-electron chi connectivity index (χ3n) is 5.24. The minimum atomic E-state index is -0.315. The normalized spacial score (nSPS) is 13.9. The number of carbonyl (C=O) groups excluding carboxylic acids is 2. The van der Waals surface area contributed by atoms with Gasteiger partial charge in [-0.05, 0) is 37.3 Å². The van der Waals surface area contributed by atoms with Crippen LogP contribution in [0.3, 0.4) is 0 Å². The van der Waals surface area contributed by atoms with E-state index in [1.165, 1.54) is 5.56 Å². The van der Waals surface area contributed by atoms with Gasteiger partial charge in [-0.3, -0.25) is 9.59 Å². The maximum absolute atomic E-state index is 12.6. The average Bonchev–Trinajstić information content (AvgIpc) is 2.74. The summed E-state index contributed by atoms with van der Waals surface area (Å²) in [6.07, 6.45) is 2.94. The number of hydrogen-bond donors (Lipinski definition) is 3. The molecule has 2 aromatic carbocycles. The number of quaternary nitrogens is 1. The topological polar surface area (TPSA) is 62.6 Å². The quantitative estimate of drug-likeness (QED) is 0.524. The van der Waals surface area contributed by atoms with Gasteiger partial charge < -0.3 is 15.5 Å². The SMILES string of the molecule is CC[C@@H](CNC(=O)[C@H](C)[NH+](C)CC(=O)Nc1ccccc1SC)c1ccccc1. The zero-order valence-electron chi connectivity index (χ0n) is 17.7. The van der Waals surface area contributed by atoms with E-state index in [9.17, 15) is 9.59 Å². The fraction of sp³-hybridized carbons (Fsp3) is 0.391. The standard InChI is InChI=1S/C23H31N3O2S/c1-5-18(19-11-7-6-8-12-19)15-24-23(28)17(2)26(3)16-22(27)25-20-13-9-10-14-21(20)29-4/h6-14,17-18H,5,15-16H2,1-4H3,(H,24,28)(H,25,27)/p+1/t17-,18-/m0/s1. The van der Waals surface area contributed by atoms with E-state index in [1.807, 2.05) is 62.7 Å². The molecule has 2 rings (SSSR count). The van der Waals surface area contributed by atoms with Gasteiger partial charge in [0, 0.05) is 17.4 Å². The molecule has 3 N–H and O–H groups in total. The van der Waals surface area contributed by atoms with E-state index in [-0.39, 0.29) is 24.4 Å². The molecule has 0 aliphatic carbocycles. The van der Waals surface area contributed by atoms with Gasteiger partial charge in [-0.2, -0.15) is 0 Å². The molecule has 0 radical (unpaired) electrons. The van der Waals surface area contributed by atoms with Gasteiger partial charge in [0.25, 0.3) is 11.8 Å². The number of hydrogen-bond acceptors (Lipinski definition) is 3. The lowest BCUT2D eigenvalue weighted by atomic mass is 9.96. The van der Waals surface area contributed by atoms with Crippen molar-refractivity contribution in [3.05, 3.63) is 60.2 Å². The van der Waals surface area contributed by atoms with Gasteiger partial charge in [0.2, 0.25) is 0 Å². The highest BCUT2D eigenvalue weighted by molar-refractivity contribution is 7.98. The number of benzene rings is 2. The van der Waals surface area contributed by atoms with Crippen LogP contribution in [0, 0.1) is 0 Å². The molecule has 0 fully saturated rings. The molecule has 0 aromatic heterocycles. The average molecular weight is 415 g/mol. The Hall–Kier alpha value is -2.31. The number of likely N-dealkylation sites (N-methyl/N-ethyl adjacent to an activating group) is 1. The summed E-state index contributed by atoms with van der Waals surface area (Å²) in [6, 6.07) is 17.6. The van der Waals surface area contributed by atoms with E-state index in [4.69, 9.17) is 0 Å². The molecule has 1 unspecified atom stereocenters. The van der Waals surface area contributed by atoms with Gasteiger partial charge in [0.05, 0.1) is 12.7 Å². The lowest BCUT2D eigenvalue weighted by molar-refractivity contribution is -0.885. The highest BCUT2D eigenvalue weighted by Crippen LogP contribution is 2.24. The van der Waals surface area contributed by atoms with Crippen LogP contribution in [0.4, 0.5) is 5.69 Å². The number of anilines is 1.